The second-order valence-corrected chi connectivity index (χ2v) is 7.84. The Balaban J connectivity index is 0.00000261. The number of nitrogens with one attached hydrogen (secondary N) is 2. The van der Waals surface area contributed by atoms with E-state index in [2.05, 4.69) is 52.6 Å². The highest BCUT2D eigenvalue weighted by atomic mass is 127. The van der Waals surface area contributed by atoms with Gasteiger partial charge >= 0.3 is 0 Å². The van der Waals surface area contributed by atoms with Gasteiger partial charge in [0.25, 0.3) is 0 Å². The van der Waals surface area contributed by atoms with E-state index in [1.54, 1.807) is 11.3 Å². The molecule has 0 amide bonds. The number of benzene rings is 1. The molecular formula is C20H31IN4OS. The Morgan fingerprint density at radius 2 is 2.15 bits per heavy atom. The summed E-state index contributed by atoms with van der Waals surface area (Å²) in [5.41, 5.74) is 0. The van der Waals surface area contributed by atoms with Crippen LogP contribution in [0.1, 0.15) is 37.7 Å². The molecule has 1 aromatic carbocycles. The van der Waals surface area contributed by atoms with Gasteiger partial charge in [-0.1, -0.05) is 25.1 Å². The fraction of sp³-hybridized carbons (Fsp3) is 0.550. The van der Waals surface area contributed by atoms with Gasteiger partial charge in [0.05, 0.1) is 6.54 Å². The number of hydrogen-bond acceptors (Lipinski definition) is 4. The Morgan fingerprint density at radius 1 is 1.33 bits per heavy atom. The van der Waals surface area contributed by atoms with E-state index in [0.29, 0.717) is 12.6 Å². The van der Waals surface area contributed by atoms with Gasteiger partial charge in [-0.25, -0.2) is 0 Å². The van der Waals surface area contributed by atoms with Crippen molar-refractivity contribution in [2.24, 2.45) is 4.99 Å². The molecule has 7 heteroatoms. The molecule has 3 N–H and O–H groups in total. The molecule has 1 aliphatic rings. The van der Waals surface area contributed by atoms with Crippen LogP contribution in [-0.4, -0.2) is 54.7 Å². The largest absolute Gasteiger partial charge is 0.386 e. The third-order valence-corrected chi connectivity index (χ3v) is 6.17. The maximum atomic E-state index is 10.5. The number of halogens is 1. The smallest absolute Gasteiger partial charge is 0.191 e. The Morgan fingerprint density at radius 3 is 2.89 bits per heavy atom. The average Bonchev–Trinajstić information content (AvgIpc) is 3.29. The van der Waals surface area contributed by atoms with Crippen molar-refractivity contribution in [2.45, 2.75) is 38.8 Å². The summed E-state index contributed by atoms with van der Waals surface area (Å²) in [6.07, 6.45) is 1.95. The normalized spacial score (nSPS) is 19.1. The molecule has 1 aromatic heterocycles. The third kappa shape index (κ3) is 6.04. The minimum atomic E-state index is -0.568. The summed E-state index contributed by atoms with van der Waals surface area (Å²) >= 11 is 1.64. The molecule has 0 aliphatic carbocycles. The summed E-state index contributed by atoms with van der Waals surface area (Å²) in [4.78, 5) is 8.09. The summed E-state index contributed by atoms with van der Waals surface area (Å²) in [6, 6.07) is 10.9. The Kier molecular flexibility index (Phi) is 9.28. The van der Waals surface area contributed by atoms with E-state index >= 15 is 0 Å². The van der Waals surface area contributed by atoms with Crippen molar-refractivity contribution in [3.8, 4) is 0 Å². The lowest BCUT2D eigenvalue weighted by atomic mass is 10.2. The van der Waals surface area contributed by atoms with E-state index in [1.807, 2.05) is 12.1 Å². The zero-order valence-electron chi connectivity index (χ0n) is 16.1. The minimum Gasteiger partial charge on any atom is -0.386 e. The second-order valence-electron chi connectivity index (χ2n) is 6.73. The van der Waals surface area contributed by atoms with Crippen LogP contribution in [0.4, 0.5) is 0 Å². The van der Waals surface area contributed by atoms with Crippen LogP contribution in [0.5, 0.6) is 0 Å². The van der Waals surface area contributed by atoms with Gasteiger partial charge in [0.15, 0.2) is 5.96 Å². The number of fused-ring (bicyclic) bond motifs is 1. The third-order valence-electron chi connectivity index (χ3n) is 4.95. The number of aliphatic hydroxyl groups is 1. The first-order valence-corrected chi connectivity index (χ1v) is 10.5. The number of aliphatic imine (C=N–C) groups is 1. The molecule has 2 atom stereocenters. The zero-order chi connectivity index (χ0) is 18.4. The van der Waals surface area contributed by atoms with Crippen molar-refractivity contribution in [3.63, 3.8) is 0 Å². The topological polar surface area (TPSA) is 59.9 Å². The van der Waals surface area contributed by atoms with Crippen molar-refractivity contribution in [2.75, 3.05) is 32.7 Å². The molecule has 0 radical (unpaired) electrons. The molecule has 0 spiro atoms. The van der Waals surface area contributed by atoms with Crippen LogP contribution >= 0.6 is 35.3 Å². The SMILES string of the molecule is CCNC(=NCC(O)c1cc2ccccc2s1)NCC1CCCN1CC.I. The van der Waals surface area contributed by atoms with Crippen LogP contribution in [0, 0.1) is 0 Å². The number of rotatable bonds is 7. The van der Waals surface area contributed by atoms with Crippen LogP contribution in [0.2, 0.25) is 0 Å². The van der Waals surface area contributed by atoms with Crippen molar-refractivity contribution >= 4 is 51.4 Å². The average molecular weight is 502 g/mol. The summed E-state index contributed by atoms with van der Waals surface area (Å²) in [5.74, 6) is 0.788. The van der Waals surface area contributed by atoms with E-state index in [4.69, 9.17) is 0 Å². The number of hydrogen-bond donors (Lipinski definition) is 3. The molecular weight excluding hydrogens is 471 g/mol. The molecule has 150 valence electrons. The molecule has 2 aromatic rings. The van der Waals surface area contributed by atoms with Gasteiger partial charge in [0.1, 0.15) is 6.10 Å². The highest BCUT2D eigenvalue weighted by molar-refractivity contribution is 14.0. The zero-order valence-corrected chi connectivity index (χ0v) is 19.3. The van der Waals surface area contributed by atoms with Crippen LogP contribution in [0.25, 0.3) is 10.1 Å². The van der Waals surface area contributed by atoms with Crippen LogP contribution in [0.3, 0.4) is 0 Å². The molecule has 2 unspecified atom stereocenters. The Labute approximate surface area is 183 Å². The quantitative estimate of drug-likeness (QED) is 0.308. The molecule has 27 heavy (non-hydrogen) atoms. The monoisotopic (exact) mass is 502 g/mol. The first kappa shape index (κ1) is 22.4. The molecule has 2 heterocycles. The number of likely N-dealkylation sites (N-methyl/N-ethyl adjacent to an activating group) is 1. The van der Waals surface area contributed by atoms with Gasteiger partial charge in [-0.2, -0.15) is 0 Å². The number of nitrogens with zero attached hydrogens (tertiary/aromatic N) is 2. The molecule has 1 saturated heterocycles. The lowest BCUT2D eigenvalue weighted by Crippen LogP contribution is -2.45. The van der Waals surface area contributed by atoms with Gasteiger partial charge in [-0.05, 0) is 50.4 Å². The summed E-state index contributed by atoms with van der Waals surface area (Å²) in [7, 11) is 0. The van der Waals surface area contributed by atoms with Crippen molar-refractivity contribution in [1.82, 2.24) is 15.5 Å². The van der Waals surface area contributed by atoms with Gasteiger partial charge in [-0.15, -0.1) is 35.3 Å². The van der Waals surface area contributed by atoms with Gasteiger partial charge in [0, 0.05) is 28.7 Å². The van der Waals surface area contributed by atoms with Crippen molar-refractivity contribution in [1.29, 1.82) is 0 Å². The van der Waals surface area contributed by atoms with Crippen LogP contribution < -0.4 is 10.6 Å². The molecule has 1 aliphatic heterocycles. The highest BCUT2D eigenvalue weighted by Crippen LogP contribution is 2.29. The standard InChI is InChI=1S/C20H30N4OS.HI/c1-3-21-20(22-13-16-9-7-11-24(16)4-2)23-14-17(25)19-12-15-8-5-6-10-18(15)26-19;/h5-6,8,10,12,16-17,25H,3-4,7,9,11,13-14H2,1-2H3,(H2,21,22,23);1H. The number of thiophene rings is 1. The first-order valence-electron chi connectivity index (χ1n) is 9.64. The molecule has 3 rings (SSSR count). The molecule has 1 fully saturated rings. The van der Waals surface area contributed by atoms with E-state index in [-0.39, 0.29) is 24.0 Å². The maximum absolute atomic E-state index is 10.5. The number of likely N-dealkylation sites (tertiary alicyclic amines) is 1. The second kappa shape index (κ2) is 11.2. The van der Waals surface area contributed by atoms with Gasteiger partial charge in [-0.3, -0.25) is 9.89 Å². The number of aliphatic hydroxyl groups excluding tert-OH is 1. The predicted molar refractivity (Wildman–Crippen MR) is 126 cm³/mol. The van der Waals surface area contributed by atoms with Gasteiger partial charge < -0.3 is 15.7 Å². The Bertz CT molecular complexity index is 703. The summed E-state index contributed by atoms with van der Waals surface area (Å²) in [6.45, 7) is 8.66. The number of guanidine groups is 1. The van der Waals surface area contributed by atoms with E-state index in [1.165, 1.54) is 29.5 Å². The molecule has 0 saturated carbocycles. The van der Waals surface area contributed by atoms with E-state index < -0.39 is 6.10 Å². The molecule has 5 nitrogen and oxygen atoms in total. The fourth-order valence-corrected chi connectivity index (χ4v) is 4.58. The summed E-state index contributed by atoms with van der Waals surface area (Å²) in [5, 5.41) is 18.5. The van der Waals surface area contributed by atoms with Crippen LogP contribution in [0.15, 0.2) is 35.3 Å². The summed E-state index contributed by atoms with van der Waals surface area (Å²) < 4.78 is 1.21. The van der Waals surface area contributed by atoms with Gasteiger partial charge in [0.2, 0.25) is 0 Å². The van der Waals surface area contributed by atoms with Crippen LogP contribution in [-0.2, 0) is 0 Å². The molecule has 0 bridgehead atoms. The lowest BCUT2D eigenvalue weighted by Gasteiger charge is -2.24. The minimum absolute atomic E-state index is 0. The van der Waals surface area contributed by atoms with E-state index in [0.717, 1.165) is 30.5 Å². The fourth-order valence-electron chi connectivity index (χ4n) is 3.53. The predicted octanol–water partition coefficient (Wildman–Crippen LogP) is 3.59. The lowest BCUT2D eigenvalue weighted by molar-refractivity contribution is 0.191. The highest BCUT2D eigenvalue weighted by Gasteiger charge is 2.22. The first-order chi connectivity index (χ1) is 12.7. The van der Waals surface area contributed by atoms with Crippen molar-refractivity contribution in [3.05, 3.63) is 35.2 Å². The maximum Gasteiger partial charge on any atom is 0.191 e. The Hall–Kier alpha value is -0.900. The van der Waals surface area contributed by atoms with Crippen molar-refractivity contribution < 1.29 is 5.11 Å². The van der Waals surface area contributed by atoms with E-state index in [9.17, 15) is 5.11 Å².